The van der Waals surface area contributed by atoms with Crippen LogP contribution in [0.4, 0.5) is 4.79 Å². The summed E-state index contributed by atoms with van der Waals surface area (Å²) < 4.78 is 0. The predicted molar refractivity (Wildman–Crippen MR) is 62.4 cm³/mol. The zero-order valence-corrected chi connectivity index (χ0v) is 9.86. The molecule has 0 fully saturated rings. The minimum atomic E-state index is -0.886. The van der Waals surface area contributed by atoms with E-state index in [1.807, 2.05) is 0 Å². The third-order valence-corrected chi connectivity index (χ3v) is 2.01. The standard InChI is InChI=1S/C11H18N2O4/c1-3-8(2)12-11(17)13-9(14)6-4-5-7-10(15)16/h3,8H,1,4-7H2,2H3,(H,15,16)(H2,12,13,14,17). The monoisotopic (exact) mass is 242 g/mol. The molecule has 0 aliphatic rings. The molecule has 1 unspecified atom stereocenters. The molecule has 0 aromatic rings. The Kier molecular flexibility index (Phi) is 7.41. The summed E-state index contributed by atoms with van der Waals surface area (Å²) in [5.74, 6) is -1.30. The summed E-state index contributed by atoms with van der Waals surface area (Å²) in [6.07, 6.45) is 2.59. The molecule has 6 heteroatoms. The van der Waals surface area contributed by atoms with Crippen molar-refractivity contribution in [3.63, 3.8) is 0 Å². The van der Waals surface area contributed by atoms with Gasteiger partial charge in [0.25, 0.3) is 0 Å². The van der Waals surface area contributed by atoms with Crippen LogP contribution in [0.1, 0.15) is 32.6 Å². The molecule has 0 aromatic carbocycles. The zero-order chi connectivity index (χ0) is 13.3. The van der Waals surface area contributed by atoms with Crippen molar-refractivity contribution < 1.29 is 19.5 Å². The molecule has 0 heterocycles. The van der Waals surface area contributed by atoms with Crippen LogP contribution in [0, 0.1) is 0 Å². The molecule has 0 rings (SSSR count). The summed E-state index contributed by atoms with van der Waals surface area (Å²) in [6.45, 7) is 5.21. The molecule has 0 spiro atoms. The van der Waals surface area contributed by atoms with Crippen LogP contribution in [0.3, 0.4) is 0 Å². The van der Waals surface area contributed by atoms with Crippen LogP contribution in [-0.4, -0.2) is 29.1 Å². The summed E-state index contributed by atoms with van der Waals surface area (Å²) in [6, 6.07) is -0.782. The van der Waals surface area contributed by atoms with E-state index in [0.717, 1.165) is 0 Å². The normalized spacial score (nSPS) is 11.4. The van der Waals surface area contributed by atoms with Crippen LogP contribution in [0.2, 0.25) is 0 Å². The van der Waals surface area contributed by atoms with E-state index in [0.29, 0.717) is 12.8 Å². The summed E-state index contributed by atoms with van der Waals surface area (Å²) in [4.78, 5) is 32.6. The topological polar surface area (TPSA) is 95.5 Å². The molecule has 6 nitrogen and oxygen atoms in total. The predicted octanol–water partition coefficient (Wildman–Crippen LogP) is 1.03. The van der Waals surface area contributed by atoms with Gasteiger partial charge >= 0.3 is 12.0 Å². The first-order valence-electron chi connectivity index (χ1n) is 5.40. The summed E-state index contributed by atoms with van der Waals surface area (Å²) in [5, 5.41) is 13.0. The van der Waals surface area contributed by atoms with Gasteiger partial charge in [0.1, 0.15) is 0 Å². The van der Waals surface area contributed by atoms with Crippen LogP contribution in [0.25, 0.3) is 0 Å². The molecular formula is C11H18N2O4. The number of hydrogen-bond donors (Lipinski definition) is 3. The van der Waals surface area contributed by atoms with Crippen molar-refractivity contribution in [1.82, 2.24) is 10.6 Å². The highest BCUT2D eigenvalue weighted by Gasteiger charge is 2.08. The molecule has 1 atom stereocenters. The number of urea groups is 1. The molecule has 17 heavy (non-hydrogen) atoms. The minimum absolute atomic E-state index is 0.0347. The van der Waals surface area contributed by atoms with E-state index in [2.05, 4.69) is 17.2 Å². The fourth-order valence-corrected chi connectivity index (χ4v) is 1.05. The van der Waals surface area contributed by atoms with Crippen LogP contribution in [0.5, 0.6) is 0 Å². The van der Waals surface area contributed by atoms with Crippen LogP contribution >= 0.6 is 0 Å². The number of carboxylic acid groups (broad SMARTS) is 1. The molecule has 96 valence electrons. The highest BCUT2D eigenvalue weighted by molar-refractivity contribution is 5.94. The second kappa shape index (κ2) is 8.32. The first-order chi connectivity index (χ1) is 7.95. The number of imide groups is 1. The Morgan fingerprint density at radius 3 is 2.41 bits per heavy atom. The summed E-state index contributed by atoms with van der Waals surface area (Å²) in [5.41, 5.74) is 0. The van der Waals surface area contributed by atoms with E-state index in [9.17, 15) is 14.4 Å². The number of unbranched alkanes of at least 4 members (excludes halogenated alkanes) is 1. The van der Waals surface area contributed by atoms with E-state index >= 15 is 0 Å². The molecule has 0 saturated heterocycles. The number of hydrogen-bond acceptors (Lipinski definition) is 3. The van der Waals surface area contributed by atoms with Gasteiger partial charge in [0, 0.05) is 18.9 Å². The second-order valence-electron chi connectivity index (χ2n) is 3.65. The molecule has 0 aliphatic heterocycles. The maximum Gasteiger partial charge on any atom is 0.321 e. The first kappa shape index (κ1) is 15.2. The summed E-state index contributed by atoms with van der Waals surface area (Å²) >= 11 is 0. The van der Waals surface area contributed by atoms with Gasteiger partial charge in [-0.15, -0.1) is 6.58 Å². The highest BCUT2D eigenvalue weighted by atomic mass is 16.4. The number of carbonyl (C=O) groups is 3. The molecule has 0 aromatic heterocycles. The van der Waals surface area contributed by atoms with Crippen molar-refractivity contribution in [2.75, 3.05) is 0 Å². The smallest absolute Gasteiger partial charge is 0.321 e. The number of rotatable bonds is 7. The Morgan fingerprint density at radius 2 is 1.88 bits per heavy atom. The largest absolute Gasteiger partial charge is 0.481 e. The van der Waals surface area contributed by atoms with E-state index in [-0.39, 0.29) is 18.9 Å². The van der Waals surface area contributed by atoms with Gasteiger partial charge in [0.15, 0.2) is 0 Å². The molecule has 0 aliphatic carbocycles. The van der Waals surface area contributed by atoms with Gasteiger partial charge in [0.05, 0.1) is 0 Å². The van der Waals surface area contributed by atoms with Gasteiger partial charge < -0.3 is 10.4 Å². The van der Waals surface area contributed by atoms with Gasteiger partial charge in [-0.05, 0) is 19.8 Å². The van der Waals surface area contributed by atoms with Gasteiger partial charge in [-0.25, -0.2) is 4.79 Å². The van der Waals surface area contributed by atoms with Crippen LogP contribution < -0.4 is 10.6 Å². The van der Waals surface area contributed by atoms with Crippen molar-refractivity contribution in [3.8, 4) is 0 Å². The third-order valence-electron chi connectivity index (χ3n) is 2.01. The van der Waals surface area contributed by atoms with Crippen molar-refractivity contribution >= 4 is 17.9 Å². The molecular weight excluding hydrogens is 224 g/mol. The fraction of sp³-hybridized carbons (Fsp3) is 0.545. The number of aliphatic carboxylic acids is 1. The Morgan fingerprint density at radius 1 is 1.29 bits per heavy atom. The Hall–Kier alpha value is -1.85. The van der Waals surface area contributed by atoms with E-state index in [1.54, 1.807) is 6.92 Å². The maximum absolute atomic E-state index is 11.2. The average molecular weight is 242 g/mol. The van der Waals surface area contributed by atoms with Crippen LogP contribution in [0.15, 0.2) is 12.7 Å². The van der Waals surface area contributed by atoms with Crippen molar-refractivity contribution in [2.24, 2.45) is 0 Å². The Bertz CT molecular complexity index is 302. The SMILES string of the molecule is C=CC(C)NC(=O)NC(=O)CCCCC(=O)O. The van der Waals surface area contributed by atoms with E-state index in [4.69, 9.17) is 5.11 Å². The summed E-state index contributed by atoms with van der Waals surface area (Å²) in [7, 11) is 0. The average Bonchev–Trinajstić information content (AvgIpc) is 2.23. The van der Waals surface area contributed by atoms with Crippen molar-refractivity contribution in [2.45, 2.75) is 38.6 Å². The fourth-order valence-electron chi connectivity index (χ4n) is 1.05. The van der Waals surface area contributed by atoms with Crippen molar-refractivity contribution in [3.05, 3.63) is 12.7 Å². The van der Waals surface area contributed by atoms with E-state index < -0.39 is 17.9 Å². The Labute approximate surface area is 100 Å². The van der Waals surface area contributed by atoms with Gasteiger partial charge in [-0.1, -0.05) is 6.08 Å². The lowest BCUT2D eigenvalue weighted by Gasteiger charge is -2.09. The van der Waals surface area contributed by atoms with E-state index in [1.165, 1.54) is 6.08 Å². The number of nitrogens with one attached hydrogen (secondary N) is 2. The Balaban J connectivity index is 3.67. The van der Waals surface area contributed by atoms with Crippen molar-refractivity contribution in [1.29, 1.82) is 0 Å². The maximum atomic E-state index is 11.2. The first-order valence-corrected chi connectivity index (χ1v) is 5.40. The zero-order valence-electron chi connectivity index (χ0n) is 9.86. The lowest BCUT2D eigenvalue weighted by molar-refractivity contribution is -0.137. The van der Waals surface area contributed by atoms with Gasteiger partial charge in [0.2, 0.25) is 5.91 Å². The lowest BCUT2D eigenvalue weighted by Crippen LogP contribution is -2.42. The minimum Gasteiger partial charge on any atom is -0.481 e. The molecule has 3 N–H and O–H groups in total. The number of carboxylic acids is 1. The van der Waals surface area contributed by atoms with Gasteiger partial charge in [-0.2, -0.15) is 0 Å². The highest BCUT2D eigenvalue weighted by Crippen LogP contribution is 1.99. The molecule has 0 radical (unpaired) electrons. The molecule has 3 amide bonds. The second-order valence-corrected chi connectivity index (χ2v) is 3.65. The van der Waals surface area contributed by atoms with Gasteiger partial charge in [-0.3, -0.25) is 14.9 Å². The number of amides is 3. The number of carbonyl (C=O) groups excluding carboxylic acids is 2. The molecule has 0 bridgehead atoms. The third kappa shape index (κ3) is 9.10. The quantitative estimate of drug-likeness (QED) is 0.459. The molecule has 0 saturated carbocycles. The lowest BCUT2D eigenvalue weighted by atomic mass is 10.2. The van der Waals surface area contributed by atoms with Crippen LogP contribution in [-0.2, 0) is 9.59 Å².